The van der Waals surface area contributed by atoms with Gasteiger partial charge in [0.1, 0.15) is 0 Å². The first-order chi connectivity index (χ1) is 9.32. The third kappa shape index (κ3) is 4.51. The molecule has 0 saturated carbocycles. The number of hydrogen-bond donors (Lipinski definition) is 1. The van der Waals surface area contributed by atoms with E-state index in [0.29, 0.717) is 13.1 Å². The van der Waals surface area contributed by atoms with Crippen LogP contribution in [-0.4, -0.2) is 58.4 Å². The predicted molar refractivity (Wildman–Crippen MR) is 74.1 cm³/mol. The Morgan fingerprint density at radius 3 is 2.50 bits per heavy atom. The summed E-state index contributed by atoms with van der Waals surface area (Å²) in [7, 11) is 0. The molecule has 1 unspecified atom stereocenters. The Bertz CT molecular complexity index is 381. The molecule has 1 rings (SSSR count). The molecule has 0 aromatic heterocycles. The Hall–Kier alpha value is -1.59. The second-order valence-corrected chi connectivity index (χ2v) is 5.57. The van der Waals surface area contributed by atoms with E-state index in [4.69, 9.17) is 5.11 Å². The molecule has 0 bridgehead atoms. The van der Waals surface area contributed by atoms with E-state index < -0.39 is 5.97 Å². The molecule has 0 spiro atoms. The Morgan fingerprint density at radius 1 is 1.35 bits per heavy atom. The van der Waals surface area contributed by atoms with Crippen LogP contribution in [0.3, 0.4) is 0 Å². The number of carboxylic acid groups (broad SMARTS) is 1. The van der Waals surface area contributed by atoms with Gasteiger partial charge in [0, 0.05) is 32.6 Å². The van der Waals surface area contributed by atoms with Crippen LogP contribution in [0, 0.1) is 5.92 Å². The summed E-state index contributed by atoms with van der Waals surface area (Å²) in [6, 6.07) is -0.0328. The van der Waals surface area contributed by atoms with Gasteiger partial charge >= 0.3 is 5.97 Å². The van der Waals surface area contributed by atoms with Gasteiger partial charge in [-0.15, -0.1) is 0 Å². The summed E-state index contributed by atoms with van der Waals surface area (Å²) in [4.78, 5) is 37.9. The molecule has 1 N–H and O–H groups in total. The average Bonchev–Trinajstić information content (AvgIpc) is 2.38. The van der Waals surface area contributed by atoms with Crippen LogP contribution in [0.15, 0.2) is 0 Å². The van der Waals surface area contributed by atoms with E-state index in [2.05, 4.69) is 0 Å². The fourth-order valence-corrected chi connectivity index (χ4v) is 2.54. The third-order valence-electron chi connectivity index (χ3n) is 3.69. The molecular weight excluding hydrogens is 260 g/mol. The summed E-state index contributed by atoms with van der Waals surface area (Å²) >= 11 is 0. The molecule has 6 heteroatoms. The maximum absolute atomic E-state index is 12.5. The fraction of sp³-hybridized carbons (Fsp3) is 0.786. The summed E-state index contributed by atoms with van der Waals surface area (Å²) < 4.78 is 0. The fourth-order valence-electron chi connectivity index (χ4n) is 2.54. The Morgan fingerprint density at radius 2 is 2.00 bits per heavy atom. The zero-order valence-corrected chi connectivity index (χ0v) is 12.5. The van der Waals surface area contributed by atoms with Gasteiger partial charge in [-0.25, -0.2) is 0 Å². The maximum atomic E-state index is 12.5. The van der Waals surface area contributed by atoms with Gasteiger partial charge in [0.15, 0.2) is 0 Å². The van der Waals surface area contributed by atoms with Crippen LogP contribution < -0.4 is 0 Å². The monoisotopic (exact) mass is 284 g/mol. The lowest BCUT2D eigenvalue weighted by Crippen LogP contribution is -2.48. The van der Waals surface area contributed by atoms with E-state index in [1.54, 1.807) is 9.80 Å². The lowest BCUT2D eigenvalue weighted by Gasteiger charge is -2.36. The van der Waals surface area contributed by atoms with E-state index in [0.717, 1.165) is 12.8 Å². The summed E-state index contributed by atoms with van der Waals surface area (Å²) in [6.45, 7) is 6.65. The molecule has 1 aliphatic heterocycles. The van der Waals surface area contributed by atoms with Gasteiger partial charge in [0.2, 0.25) is 11.8 Å². The number of hydrogen-bond acceptors (Lipinski definition) is 3. The zero-order valence-electron chi connectivity index (χ0n) is 12.5. The van der Waals surface area contributed by atoms with Gasteiger partial charge in [0.05, 0.1) is 12.3 Å². The molecule has 0 aliphatic carbocycles. The second kappa shape index (κ2) is 7.26. The van der Waals surface area contributed by atoms with E-state index in [9.17, 15) is 14.4 Å². The van der Waals surface area contributed by atoms with E-state index >= 15 is 0 Å². The lowest BCUT2D eigenvalue weighted by atomic mass is 9.96. The van der Waals surface area contributed by atoms with Crippen molar-refractivity contribution in [3.63, 3.8) is 0 Å². The standard InChI is InChI=1S/C14H24N2O4/c1-10(2)16(8-6-13(18)19)14(20)12-5-4-7-15(9-12)11(3)17/h10,12H,4-9H2,1-3H3,(H,18,19). The smallest absolute Gasteiger partial charge is 0.305 e. The van der Waals surface area contributed by atoms with Crippen molar-refractivity contribution in [2.75, 3.05) is 19.6 Å². The highest BCUT2D eigenvalue weighted by atomic mass is 16.4. The lowest BCUT2D eigenvalue weighted by molar-refractivity contribution is -0.143. The summed E-state index contributed by atoms with van der Waals surface area (Å²) in [5, 5.41) is 8.76. The normalized spacial score (nSPS) is 19.0. The van der Waals surface area contributed by atoms with Gasteiger partial charge in [-0.1, -0.05) is 0 Å². The quantitative estimate of drug-likeness (QED) is 0.815. The highest BCUT2D eigenvalue weighted by Crippen LogP contribution is 2.20. The molecule has 1 fully saturated rings. The average molecular weight is 284 g/mol. The molecule has 20 heavy (non-hydrogen) atoms. The van der Waals surface area contributed by atoms with Gasteiger partial charge in [-0.3, -0.25) is 14.4 Å². The number of carbonyl (C=O) groups excluding carboxylic acids is 2. The Balaban J connectivity index is 2.68. The first-order valence-electron chi connectivity index (χ1n) is 7.10. The third-order valence-corrected chi connectivity index (χ3v) is 3.69. The maximum Gasteiger partial charge on any atom is 0.305 e. The Kier molecular flexibility index (Phi) is 5.98. The molecule has 0 aromatic rings. The van der Waals surface area contributed by atoms with Crippen LogP contribution in [0.1, 0.15) is 40.0 Å². The van der Waals surface area contributed by atoms with Crippen molar-refractivity contribution >= 4 is 17.8 Å². The van der Waals surface area contributed by atoms with Crippen molar-refractivity contribution in [1.29, 1.82) is 0 Å². The summed E-state index contributed by atoms with van der Waals surface area (Å²) in [5.74, 6) is -1.15. The van der Waals surface area contributed by atoms with Crippen molar-refractivity contribution < 1.29 is 19.5 Å². The molecule has 114 valence electrons. The highest BCUT2D eigenvalue weighted by molar-refractivity contribution is 5.81. The SMILES string of the molecule is CC(=O)N1CCCC(C(=O)N(CCC(=O)O)C(C)C)C1. The summed E-state index contributed by atoms with van der Waals surface area (Å²) in [5.41, 5.74) is 0. The van der Waals surface area contributed by atoms with Crippen LogP contribution >= 0.6 is 0 Å². The number of likely N-dealkylation sites (tertiary alicyclic amines) is 1. The van der Waals surface area contributed by atoms with Crippen molar-refractivity contribution in [3.05, 3.63) is 0 Å². The molecule has 1 atom stereocenters. The zero-order chi connectivity index (χ0) is 15.3. The molecule has 2 amide bonds. The highest BCUT2D eigenvalue weighted by Gasteiger charge is 2.31. The first kappa shape index (κ1) is 16.5. The molecule has 1 heterocycles. The molecule has 1 aliphatic rings. The molecule has 1 saturated heterocycles. The number of aliphatic carboxylic acids is 1. The molecule has 0 aromatic carbocycles. The predicted octanol–water partition coefficient (Wildman–Crippen LogP) is 0.957. The first-order valence-corrected chi connectivity index (χ1v) is 7.10. The molecule has 0 radical (unpaired) electrons. The van der Waals surface area contributed by atoms with E-state index in [1.165, 1.54) is 6.92 Å². The van der Waals surface area contributed by atoms with Crippen LogP contribution in [0.5, 0.6) is 0 Å². The van der Waals surface area contributed by atoms with Crippen LogP contribution in [-0.2, 0) is 14.4 Å². The number of rotatable bonds is 5. The second-order valence-electron chi connectivity index (χ2n) is 5.57. The van der Waals surface area contributed by atoms with Crippen LogP contribution in [0.25, 0.3) is 0 Å². The number of carboxylic acids is 1. The largest absolute Gasteiger partial charge is 0.481 e. The van der Waals surface area contributed by atoms with Crippen LogP contribution in [0.2, 0.25) is 0 Å². The van der Waals surface area contributed by atoms with Gasteiger partial charge in [-0.05, 0) is 26.7 Å². The van der Waals surface area contributed by atoms with E-state index in [1.807, 2.05) is 13.8 Å². The minimum atomic E-state index is -0.905. The Labute approximate surface area is 119 Å². The molecular formula is C14H24N2O4. The number of amides is 2. The van der Waals surface area contributed by atoms with Gasteiger partial charge < -0.3 is 14.9 Å². The van der Waals surface area contributed by atoms with Crippen molar-refractivity contribution in [2.24, 2.45) is 5.92 Å². The topological polar surface area (TPSA) is 77.9 Å². The van der Waals surface area contributed by atoms with Crippen molar-refractivity contribution in [1.82, 2.24) is 9.80 Å². The number of piperidine rings is 1. The minimum Gasteiger partial charge on any atom is -0.481 e. The number of nitrogens with zero attached hydrogens (tertiary/aromatic N) is 2. The summed E-state index contributed by atoms with van der Waals surface area (Å²) in [6.07, 6.45) is 1.53. The van der Waals surface area contributed by atoms with Gasteiger partial charge in [0.25, 0.3) is 0 Å². The number of carbonyl (C=O) groups is 3. The minimum absolute atomic E-state index is 0.0101. The van der Waals surface area contributed by atoms with Crippen molar-refractivity contribution in [2.45, 2.75) is 46.1 Å². The van der Waals surface area contributed by atoms with E-state index in [-0.39, 0.29) is 36.7 Å². The molecule has 6 nitrogen and oxygen atoms in total. The van der Waals surface area contributed by atoms with Gasteiger partial charge in [-0.2, -0.15) is 0 Å². The van der Waals surface area contributed by atoms with Crippen LogP contribution in [0.4, 0.5) is 0 Å². The van der Waals surface area contributed by atoms with Crippen molar-refractivity contribution in [3.8, 4) is 0 Å².